The van der Waals surface area contributed by atoms with Crippen LogP contribution in [0.5, 0.6) is 0 Å². The Kier molecular flexibility index (Phi) is 5.81. The Morgan fingerprint density at radius 2 is 1.75 bits per heavy atom. The molecule has 0 aromatic carbocycles. The van der Waals surface area contributed by atoms with E-state index in [0.717, 1.165) is 19.4 Å². The van der Waals surface area contributed by atoms with Crippen LogP contribution in [0, 0.1) is 0 Å². The topological polar surface area (TPSA) is 38.3 Å². The molecular weight excluding hydrogens is 202 g/mol. The SMILES string of the molecule is CCNC1(CC(=O)OC)CCCCCCC1. The van der Waals surface area contributed by atoms with Gasteiger partial charge >= 0.3 is 5.97 Å². The third-order valence-corrected chi connectivity index (χ3v) is 3.57. The third kappa shape index (κ3) is 4.12. The van der Waals surface area contributed by atoms with Crippen molar-refractivity contribution in [2.45, 2.75) is 63.8 Å². The maximum atomic E-state index is 11.5. The van der Waals surface area contributed by atoms with Crippen LogP contribution in [-0.2, 0) is 9.53 Å². The number of nitrogens with one attached hydrogen (secondary N) is 1. The Morgan fingerprint density at radius 3 is 2.25 bits per heavy atom. The van der Waals surface area contributed by atoms with E-state index in [1.807, 2.05) is 0 Å². The quantitative estimate of drug-likeness (QED) is 0.750. The molecule has 0 aromatic heterocycles. The van der Waals surface area contributed by atoms with Gasteiger partial charge in [-0.3, -0.25) is 4.79 Å². The molecule has 0 aromatic rings. The van der Waals surface area contributed by atoms with Crippen LogP contribution in [0.3, 0.4) is 0 Å². The van der Waals surface area contributed by atoms with Crippen LogP contribution in [-0.4, -0.2) is 25.2 Å². The van der Waals surface area contributed by atoms with Crippen LogP contribution in [0.1, 0.15) is 58.3 Å². The minimum absolute atomic E-state index is 0.00225. The molecule has 0 atom stereocenters. The fourth-order valence-corrected chi connectivity index (χ4v) is 2.72. The van der Waals surface area contributed by atoms with Gasteiger partial charge in [-0.1, -0.05) is 39.0 Å². The van der Waals surface area contributed by atoms with Gasteiger partial charge in [0.25, 0.3) is 0 Å². The number of hydrogen-bond donors (Lipinski definition) is 1. The summed E-state index contributed by atoms with van der Waals surface area (Å²) in [6.07, 6.45) is 9.14. The highest BCUT2D eigenvalue weighted by molar-refractivity contribution is 5.70. The van der Waals surface area contributed by atoms with Gasteiger partial charge in [0.2, 0.25) is 0 Å². The van der Waals surface area contributed by atoms with E-state index in [2.05, 4.69) is 12.2 Å². The molecule has 16 heavy (non-hydrogen) atoms. The van der Waals surface area contributed by atoms with Crippen molar-refractivity contribution < 1.29 is 9.53 Å². The average molecular weight is 227 g/mol. The Bertz CT molecular complexity index is 208. The third-order valence-electron chi connectivity index (χ3n) is 3.57. The molecule has 1 N–H and O–H groups in total. The lowest BCUT2D eigenvalue weighted by molar-refractivity contribution is -0.142. The van der Waals surface area contributed by atoms with Crippen molar-refractivity contribution in [2.75, 3.05) is 13.7 Å². The predicted octanol–water partition coefficient (Wildman–Crippen LogP) is 2.64. The van der Waals surface area contributed by atoms with Crippen LogP contribution < -0.4 is 5.32 Å². The minimum Gasteiger partial charge on any atom is -0.469 e. The highest BCUT2D eigenvalue weighted by atomic mass is 16.5. The molecular formula is C13H25NO2. The van der Waals surface area contributed by atoms with Gasteiger partial charge in [-0.05, 0) is 19.4 Å². The van der Waals surface area contributed by atoms with Gasteiger partial charge < -0.3 is 10.1 Å². The monoisotopic (exact) mass is 227 g/mol. The van der Waals surface area contributed by atoms with Crippen LogP contribution in [0.4, 0.5) is 0 Å². The van der Waals surface area contributed by atoms with Gasteiger partial charge in [0.15, 0.2) is 0 Å². The van der Waals surface area contributed by atoms with Crippen molar-refractivity contribution in [1.82, 2.24) is 5.32 Å². The molecule has 0 spiro atoms. The van der Waals surface area contributed by atoms with E-state index in [0.29, 0.717) is 6.42 Å². The summed E-state index contributed by atoms with van der Waals surface area (Å²) in [6.45, 7) is 3.04. The Balaban J connectivity index is 2.62. The first-order valence-corrected chi connectivity index (χ1v) is 6.54. The summed E-state index contributed by atoms with van der Waals surface area (Å²) >= 11 is 0. The average Bonchev–Trinajstić information content (AvgIpc) is 2.24. The highest BCUT2D eigenvalue weighted by Crippen LogP contribution is 2.29. The zero-order valence-corrected chi connectivity index (χ0v) is 10.7. The van der Waals surface area contributed by atoms with E-state index >= 15 is 0 Å². The standard InChI is InChI=1S/C13H25NO2/c1-3-14-13(11-12(15)16-2)9-7-5-4-6-8-10-13/h14H,3-11H2,1-2H3. The molecule has 0 amide bonds. The number of methoxy groups -OCH3 is 1. The molecule has 0 bridgehead atoms. The Morgan fingerprint density at radius 1 is 1.19 bits per heavy atom. The zero-order chi connectivity index (χ0) is 11.9. The number of rotatable bonds is 4. The molecule has 94 valence electrons. The first kappa shape index (κ1) is 13.5. The maximum Gasteiger partial charge on any atom is 0.307 e. The van der Waals surface area contributed by atoms with Crippen LogP contribution in [0.2, 0.25) is 0 Å². The molecule has 1 aliphatic carbocycles. The molecule has 3 nitrogen and oxygen atoms in total. The fraction of sp³-hybridized carbons (Fsp3) is 0.923. The highest BCUT2D eigenvalue weighted by Gasteiger charge is 2.32. The van der Waals surface area contributed by atoms with Gasteiger partial charge in [-0.2, -0.15) is 0 Å². The van der Waals surface area contributed by atoms with Crippen molar-refractivity contribution in [3.05, 3.63) is 0 Å². The second-order valence-electron chi connectivity index (χ2n) is 4.83. The number of esters is 1. The first-order chi connectivity index (χ1) is 7.72. The second kappa shape index (κ2) is 6.89. The van der Waals surface area contributed by atoms with Crippen molar-refractivity contribution in [3.63, 3.8) is 0 Å². The normalized spacial score (nSPS) is 20.9. The minimum atomic E-state index is -0.0819. The molecule has 0 heterocycles. The lowest BCUT2D eigenvalue weighted by Crippen LogP contribution is -2.47. The van der Waals surface area contributed by atoms with Gasteiger partial charge in [-0.15, -0.1) is 0 Å². The molecule has 1 saturated carbocycles. The van der Waals surface area contributed by atoms with E-state index in [9.17, 15) is 4.79 Å². The van der Waals surface area contributed by atoms with Crippen molar-refractivity contribution in [3.8, 4) is 0 Å². The maximum absolute atomic E-state index is 11.5. The van der Waals surface area contributed by atoms with Crippen molar-refractivity contribution in [1.29, 1.82) is 0 Å². The van der Waals surface area contributed by atoms with E-state index in [1.165, 1.54) is 39.2 Å². The van der Waals surface area contributed by atoms with Crippen molar-refractivity contribution in [2.24, 2.45) is 0 Å². The lowest BCUT2D eigenvalue weighted by atomic mass is 9.81. The predicted molar refractivity (Wildman–Crippen MR) is 65.4 cm³/mol. The lowest BCUT2D eigenvalue weighted by Gasteiger charge is -2.35. The Labute approximate surface area is 98.9 Å². The summed E-state index contributed by atoms with van der Waals surface area (Å²) < 4.78 is 4.82. The number of ether oxygens (including phenoxy) is 1. The largest absolute Gasteiger partial charge is 0.469 e. The molecule has 1 aliphatic rings. The molecule has 0 saturated heterocycles. The van der Waals surface area contributed by atoms with Gasteiger partial charge in [0.05, 0.1) is 13.5 Å². The summed E-state index contributed by atoms with van der Waals surface area (Å²) in [7, 11) is 1.48. The number of hydrogen-bond acceptors (Lipinski definition) is 3. The smallest absolute Gasteiger partial charge is 0.307 e. The summed E-state index contributed by atoms with van der Waals surface area (Å²) in [5, 5.41) is 3.53. The summed E-state index contributed by atoms with van der Waals surface area (Å²) in [6, 6.07) is 0. The molecule has 1 rings (SSSR count). The molecule has 0 unspecified atom stereocenters. The number of carbonyl (C=O) groups excluding carboxylic acids is 1. The van der Waals surface area contributed by atoms with Gasteiger partial charge in [-0.25, -0.2) is 0 Å². The zero-order valence-electron chi connectivity index (χ0n) is 10.7. The molecule has 3 heteroatoms. The number of carbonyl (C=O) groups is 1. The van der Waals surface area contributed by atoms with E-state index in [1.54, 1.807) is 0 Å². The van der Waals surface area contributed by atoms with E-state index < -0.39 is 0 Å². The summed E-state index contributed by atoms with van der Waals surface area (Å²) in [5.74, 6) is -0.0819. The van der Waals surface area contributed by atoms with Crippen LogP contribution in [0.15, 0.2) is 0 Å². The van der Waals surface area contributed by atoms with Gasteiger partial charge in [0.1, 0.15) is 0 Å². The van der Waals surface area contributed by atoms with E-state index in [4.69, 9.17) is 4.74 Å². The summed E-state index contributed by atoms with van der Waals surface area (Å²) in [4.78, 5) is 11.5. The second-order valence-corrected chi connectivity index (χ2v) is 4.83. The molecule has 0 radical (unpaired) electrons. The fourth-order valence-electron chi connectivity index (χ4n) is 2.72. The molecule has 0 aliphatic heterocycles. The van der Waals surface area contributed by atoms with Crippen LogP contribution in [0.25, 0.3) is 0 Å². The Hall–Kier alpha value is -0.570. The molecule has 1 fully saturated rings. The summed E-state index contributed by atoms with van der Waals surface area (Å²) in [5.41, 5.74) is 0.00225. The van der Waals surface area contributed by atoms with E-state index in [-0.39, 0.29) is 11.5 Å². The van der Waals surface area contributed by atoms with Gasteiger partial charge in [0, 0.05) is 5.54 Å². The van der Waals surface area contributed by atoms with Crippen molar-refractivity contribution >= 4 is 5.97 Å². The van der Waals surface area contributed by atoms with Crippen LogP contribution >= 0.6 is 0 Å². The first-order valence-electron chi connectivity index (χ1n) is 6.54.